The van der Waals surface area contributed by atoms with Gasteiger partial charge in [-0.3, -0.25) is 0 Å². The molecular weight excluding hydrogens is 240 g/mol. The monoisotopic (exact) mass is 256 g/mol. The van der Waals surface area contributed by atoms with Gasteiger partial charge in [0.15, 0.2) is 0 Å². The predicted octanol–water partition coefficient (Wildman–Crippen LogP) is 2.30. The lowest BCUT2D eigenvalue weighted by Gasteiger charge is -2.11. The van der Waals surface area contributed by atoms with E-state index in [1.54, 1.807) is 7.11 Å². The molecule has 1 aromatic heterocycles. The van der Waals surface area contributed by atoms with Crippen molar-refractivity contribution in [2.75, 3.05) is 18.2 Å². The van der Waals surface area contributed by atoms with Crippen LogP contribution in [0.5, 0.6) is 5.75 Å². The van der Waals surface area contributed by atoms with Crippen molar-refractivity contribution in [1.29, 1.82) is 0 Å². The molecule has 0 aliphatic heterocycles. The van der Waals surface area contributed by atoms with Crippen molar-refractivity contribution in [2.45, 2.75) is 19.3 Å². The van der Waals surface area contributed by atoms with Gasteiger partial charge in [-0.05, 0) is 43.5 Å². The van der Waals surface area contributed by atoms with Gasteiger partial charge in [0.25, 0.3) is 0 Å². The summed E-state index contributed by atoms with van der Waals surface area (Å²) in [5.41, 5.74) is 8.97. The molecular formula is C14H16N4O. The van der Waals surface area contributed by atoms with Crippen molar-refractivity contribution in [2.24, 2.45) is 0 Å². The van der Waals surface area contributed by atoms with Crippen molar-refractivity contribution in [3.8, 4) is 5.75 Å². The smallest absolute Gasteiger partial charge is 0.222 e. The number of nitrogens with zero attached hydrogens (tertiary/aromatic N) is 2. The van der Waals surface area contributed by atoms with E-state index in [0.717, 1.165) is 42.2 Å². The number of nitrogens with two attached hydrogens (primary N) is 1. The van der Waals surface area contributed by atoms with Gasteiger partial charge in [-0.15, -0.1) is 0 Å². The van der Waals surface area contributed by atoms with E-state index in [-0.39, 0.29) is 0 Å². The molecule has 0 amide bonds. The number of anilines is 3. The van der Waals surface area contributed by atoms with Gasteiger partial charge in [0.2, 0.25) is 5.95 Å². The lowest BCUT2D eigenvalue weighted by atomic mass is 10.2. The van der Waals surface area contributed by atoms with Crippen molar-refractivity contribution in [3.63, 3.8) is 0 Å². The first-order chi connectivity index (χ1) is 9.26. The Balaban J connectivity index is 1.90. The Kier molecular flexibility index (Phi) is 2.95. The normalized spacial score (nSPS) is 13.1. The number of fused-ring (bicyclic) bond motifs is 1. The summed E-state index contributed by atoms with van der Waals surface area (Å²) in [7, 11) is 1.65. The van der Waals surface area contributed by atoms with E-state index in [1.807, 2.05) is 24.3 Å². The Morgan fingerprint density at radius 2 is 1.95 bits per heavy atom. The lowest BCUT2D eigenvalue weighted by Crippen LogP contribution is -2.05. The molecule has 3 N–H and O–H groups in total. The van der Waals surface area contributed by atoms with E-state index < -0.39 is 0 Å². The van der Waals surface area contributed by atoms with Gasteiger partial charge in [-0.2, -0.15) is 4.98 Å². The highest BCUT2D eigenvalue weighted by Gasteiger charge is 2.18. The Hall–Kier alpha value is -2.30. The minimum atomic E-state index is 0.330. The van der Waals surface area contributed by atoms with E-state index in [0.29, 0.717) is 5.95 Å². The molecule has 2 aromatic rings. The van der Waals surface area contributed by atoms with Crippen LogP contribution in [0.3, 0.4) is 0 Å². The van der Waals surface area contributed by atoms with E-state index in [1.165, 1.54) is 5.56 Å². The van der Waals surface area contributed by atoms with Crippen molar-refractivity contribution in [3.05, 3.63) is 35.5 Å². The number of hydrogen-bond donors (Lipinski definition) is 2. The molecule has 1 aromatic carbocycles. The summed E-state index contributed by atoms with van der Waals surface area (Å²) < 4.78 is 5.14. The predicted molar refractivity (Wildman–Crippen MR) is 74.7 cm³/mol. The number of rotatable bonds is 3. The standard InChI is InChI=1S/C14H16N4O/c1-19-10-7-5-9(6-8-10)16-13-11-3-2-4-12(11)17-14(15)18-13/h5-8H,2-4H2,1H3,(H3,15,16,17,18). The molecule has 5 nitrogen and oxygen atoms in total. The Bertz CT molecular complexity index is 595. The second-order valence-electron chi connectivity index (χ2n) is 4.56. The number of aryl methyl sites for hydroxylation is 1. The topological polar surface area (TPSA) is 73.1 Å². The molecule has 0 unspecified atom stereocenters. The van der Waals surface area contributed by atoms with E-state index >= 15 is 0 Å². The van der Waals surface area contributed by atoms with Crippen molar-refractivity contribution >= 4 is 17.5 Å². The van der Waals surface area contributed by atoms with Gasteiger partial charge in [-0.25, -0.2) is 4.98 Å². The molecule has 98 valence electrons. The van der Waals surface area contributed by atoms with Crippen LogP contribution in [0.1, 0.15) is 17.7 Å². The molecule has 0 spiro atoms. The fraction of sp³-hybridized carbons (Fsp3) is 0.286. The third-order valence-electron chi connectivity index (χ3n) is 3.30. The fourth-order valence-corrected chi connectivity index (χ4v) is 2.37. The van der Waals surface area contributed by atoms with Crippen LogP contribution < -0.4 is 15.8 Å². The molecule has 5 heteroatoms. The summed E-state index contributed by atoms with van der Waals surface area (Å²) in [5, 5.41) is 3.31. The molecule has 1 aliphatic carbocycles. The van der Waals surface area contributed by atoms with Crippen LogP contribution >= 0.6 is 0 Å². The second kappa shape index (κ2) is 4.76. The highest BCUT2D eigenvalue weighted by molar-refractivity contribution is 5.62. The molecule has 0 saturated heterocycles. The maximum Gasteiger partial charge on any atom is 0.222 e. The molecule has 0 radical (unpaired) electrons. The molecule has 1 aliphatic rings. The van der Waals surface area contributed by atoms with Crippen LogP contribution in [0.4, 0.5) is 17.5 Å². The molecule has 0 bridgehead atoms. The number of benzene rings is 1. The minimum absolute atomic E-state index is 0.330. The average molecular weight is 256 g/mol. The molecule has 0 saturated carbocycles. The summed E-state index contributed by atoms with van der Waals surface area (Å²) in [6.07, 6.45) is 3.11. The second-order valence-corrected chi connectivity index (χ2v) is 4.56. The van der Waals surface area contributed by atoms with Crippen LogP contribution in [0.2, 0.25) is 0 Å². The summed E-state index contributed by atoms with van der Waals surface area (Å²) in [6, 6.07) is 7.73. The summed E-state index contributed by atoms with van der Waals surface area (Å²) in [6.45, 7) is 0. The molecule has 19 heavy (non-hydrogen) atoms. The third kappa shape index (κ3) is 2.31. The van der Waals surface area contributed by atoms with Crippen molar-refractivity contribution in [1.82, 2.24) is 9.97 Å². The number of ether oxygens (including phenoxy) is 1. The number of nitrogens with one attached hydrogen (secondary N) is 1. The summed E-state index contributed by atoms with van der Waals surface area (Å²) >= 11 is 0. The quantitative estimate of drug-likeness (QED) is 0.881. The van der Waals surface area contributed by atoms with Gasteiger partial charge >= 0.3 is 0 Å². The maximum absolute atomic E-state index is 5.75. The molecule has 0 atom stereocenters. The van der Waals surface area contributed by atoms with Gasteiger partial charge in [0, 0.05) is 11.3 Å². The van der Waals surface area contributed by atoms with Gasteiger partial charge in [0.1, 0.15) is 11.6 Å². The maximum atomic E-state index is 5.75. The van der Waals surface area contributed by atoms with E-state index in [4.69, 9.17) is 10.5 Å². The Morgan fingerprint density at radius 1 is 1.16 bits per heavy atom. The zero-order valence-corrected chi connectivity index (χ0v) is 10.8. The minimum Gasteiger partial charge on any atom is -0.497 e. The highest BCUT2D eigenvalue weighted by atomic mass is 16.5. The number of nitrogen functional groups attached to an aromatic ring is 1. The third-order valence-corrected chi connectivity index (χ3v) is 3.30. The van der Waals surface area contributed by atoms with Gasteiger partial charge < -0.3 is 15.8 Å². The summed E-state index contributed by atoms with van der Waals surface area (Å²) in [4.78, 5) is 8.60. The average Bonchev–Trinajstić information content (AvgIpc) is 2.88. The fourth-order valence-electron chi connectivity index (χ4n) is 2.37. The van der Waals surface area contributed by atoms with Crippen LogP contribution in [-0.4, -0.2) is 17.1 Å². The van der Waals surface area contributed by atoms with Crippen LogP contribution in [0, 0.1) is 0 Å². The van der Waals surface area contributed by atoms with E-state index in [9.17, 15) is 0 Å². The van der Waals surface area contributed by atoms with Crippen LogP contribution in [0.15, 0.2) is 24.3 Å². The molecule has 0 fully saturated rings. The zero-order valence-electron chi connectivity index (χ0n) is 10.8. The van der Waals surface area contributed by atoms with Crippen LogP contribution in [-0.2, 0) is 12.8 Å². The van der Waals surface area contributed by atoms with Gasteiger partial charge in [-0.1, -0.05) is 0 Å². The zero-order chi connectivity index (χ0) is 13.2. The van der Waals surface area contributed by atoms with Gasteiger partial charge in [0.05, 0.1) is 12.8 Å². The van der Waals surface area contributed by atoms with E-state index in [2.05, 4.69) is 15.3 Å². The largest absolute Gasteiger partial charge is 0.497 e. The Labute approximate surface area is 111 Å². The number of hydrogen-bond acceptors (Lipinski definition) is 5. The first-order valence-corrected chi connectivity index (χ1v) is 6.32. The van der Waals surface area contributed by atoms with Crippen LogP contribution in [0.25, 0.3) is 0 Å². The number of methoxy groups -OCH3 is 1. The SMILES string of the molecule is COc1ccc(Nc2nc(N)nc3c2CCC3)cc1. The summed E-state index contributed by atoms with van der Waals surface area (Å²) in [5.74, 6) is 1.99. The molecule has 1 heterocycles. The number of aromatic nitrogens is 2. The highest BCUT2D eigenvalue weighted by Crippen LogP contribution is 2.29. The first kappa shape index (κ1) is 11.8. The Morgan fingerprint density at radius 3 is 2.68 bits per heavy atom. The lowest BCUT2D eigenvalue weighted by molar-refractivity contribution is 0.415. The molecule has 3 rings (SSSR count). The first-order valence-electron chi connectivity index (χ1n) is 6.32. The van der Waals surface area contributed by atoms with Crippen molar-refractivity contribution < 1.29 is 4.74 Å².